The van der Waals surface area contributed by atoms with Crippen LogP contribution in [0.15, 0.2) is 17.0 Å². The normalized spacial score (nSPS) is 10.1. The number of carboxylic acid groups (broad SMARTS) is 1. The number of hydrogen-bond acceptors (Lipinski definition) is 4. The number of aliphatic carboxylic acids is 1. The average molecular weight is 259 g/mol. The highest BCUT2D eigenvalue weighted by Crippen LogP contribution is 2.30. The lowest BCUT2D eigenvalue weighted by molar-refractivity contribution is -0.136. The van der Waals surface area contributed by atoms with E-state index in [0.717, 1.165) is 6.07 Å². The van der Waals surface area contributed by atoms with E-state index in [4.69, 9.17) is 10.4 Å². The summed E-state index contributed by atoms with van der Waals surface area (Å²) in [6.07, 6.45) is -0.423. The summed E-state index contributed by atoms with van der Waals surface area (Å²) < 4.78 is 28.3. The van der Waals surface area contributed by atoms with Crippen LogP contribution in [0, 0.1) is 11.3 Å². The maximum Gasteiger partial charge on any atom is 0.387 e. The third-order valence-electron chi connectivity index (χ3n) is 1.84. The summed E-state index contributed by atoms with van der Waals surface area (Å²) in [4.78, 5) is 10.5. The summed E-state index contributed by atoms with van der Waals surface area (Å²) in [5.74, 6) is -1.46. The Bertz CT molecular complexity index is 485. The van der Waals surface area contributed by atoms with Crippen molar-refractivity contribution in [2.45, 2.75) is 17.9 Å². The van der Waals surface area contributed by atoms with Crippen LogP contribution < -0.4 is 4.74 Å². The molecule has 1 aromatic carbocycles. The van der Waals surface area contributed by atoms with Crippen LogP contribution in [0.5, 0.6) is 5.75 Å². The van der Waals surface area contributed by atoms with E-state index in [-0.39, 0.29) is 21.8 Å². The third kappa shape index (κ3) is 3.60. The zero-order chi connectivity index (χ0) is 13.0. The Labute approximate surface area is 101 Å². The molecule has 0 aliphatic heterocycles. The van der Waals surface area contributed by atoms with E-state index >= 15 is 0 Å². The van der Waals surface area contributed by atoms with Crippen LogP contribution in [0.2, 0.25) is 0 Å². The molecule has 0 saturated heterocycles. The van der Waals surface area contributed by atoms with Crippen LogP contribution in [0.1, 0.15) is 11.1 Å². The van der Waals surface area contributed by atoms with E-state index in [1.165, 1.54) is 6.07 Å². The summed E-state index contributed by atoms with van der Waals surface area (Å²) >= 11 is 3.92. The van der Waals surface area contributed by atoms with Crippen molar-refractivity contribution in [1.82, 2.24) is 0 Å². The minimum absolute atomic E-state index is 0.00769. The fraction of sp³-hybridized carbons (Fsp3) is 0.200. The molecule has 17 heavy (non-hydrogen) atoms. The molecule has 7 heteroatoms. The number of carbonyl (C=O) groups is 1. The zero-order valence-electron chi connectivity index (χ0n) is 8.35. The Morgan fingerprint density at radius 1 is 1.59 bits per heavy atom. The first-order valence-electron chi connectivity index (χ1n) is 4.36. The molecule has 1 rings (SSSR count). The number of rotatable bonds is 4. The summed E-state index contributed by atoms with van der Waals surface area (Å²) in [7, 11) is 0. The van der Waals surface area contributed by atoms with Crippen LogP contribution in [0.4, 0.5) is 8.78 Å². The molecule has 0 atom stereocenters. The molecule has 4 nitrogen and oxygen atoms in total. The Morgan fingerprint density at radius 2 is 2.24 bits per heavy atom. The standard InChI is InChI=1S/C10H7F2NO3S/c11-10(12)16-7-2-5(4-13)1-6(9(7)17)3-8(14)15/h1-2,10,17H,3H2,(H,14,15). The van der Waals surface area contributed by atoms with Crippen LogP contribution in [-0.4, -0.2) is 17.7 Å². The number of carboxylic acids is 1. The summed E-state index contributed by atoms with van der Waals surface area (Å²) in [5.41, 5.74) is 0.185. The number of hydrogen-bond donors (Lipinski definition) is 2. The predicted octanol–water partition coefficient (Wildman–Crippen LogP) is 2.08. The lowest BCUT2D eigenvalue weighted by Crippen LogP contribution is -2.06. The van der Waals surface area contributed by atoms with Crippen molar-refractivity contribution in [1.29, 1.82) is 5.26 Å². The summed E-state index contributed by atoms with van der Waals surface area (Å²) in [6.45, 7) is -3.06. The van der Waals surface area contributed by atoms with Crippen molar-refractivity contribution in [3.05, 3.63) is 23.3 Å². The monoisotopic (exact) mass is 259 g/mol. The Balaban J connectivity index is 3.21. The second-order valence-corrected chi connectivity index (χ2v) is 3.49. The Kier molecular flexibility index (Phi) is 4.29. The van der Waals surface area contributed by atoms with Gasteiger partial charge in [0, 0.05) is 0 Å². The number of ether oxygens (including phenoxy) is 1. The molecule has 1 aromatic rings. The first-order valence-corrected chi connectivity index (χ1v) is 4.81. The van der Waals surface area contributed by atoms with Crippen molar-refractivity contribution in [3.63, 3.8) is 0 Å². The van der Waals surface area contributed by atoms with Gasteiger partial charge in [0.25, 0.3) is 0 Å². The number of thiol groups is 1. The third-order valence-corrected chi connectivity index (χ3v) is 2.35. The molecule has 0 bridgehead atoms. The number of benzene rings is 1. The molecule has 90 valence electrons. The van der Waals surface area contributed by atoms with E-state index in [0.29, 0.717) is 0 Å². The molecular weight excluding hydrogens is 252 g/mol. The molecule has 1 N–H and O–H groups in total. The first kappa shape index (κ1) is 13.3. The molecule has 0 amide bonds. The molecule has 0 heterocycles. The number of nitriles is 1. The summed E-state index contributed by atoms with van der Waals surface area (Å²) in [6, 6.07) is 4.09. The van der Waals surface area contributed by atoms with E-state index in [2.05, 4.69) is 17.4 Å². The molecule has 0 aliphatic carbocycles. The van der Waals surface area contributed by atoms with Gasteiger partial charge in [-0.25, -0.2) is 0 Å². The maximum atomic E-state index is 12.1. The molecule has 0 aliphatic rings. The lowest BCUT2D eigenvalue weighted by Gasteiger charge is -2.11. The fourth-order valence-electron chi connectivity index (χ4n) is 1.21. The molecule has 0 unspecified atom stereocenters. The smallest absolute Gasteiger partial charge is 0.387 e. The van der Waals surface area contributed by atoms with Crippen LogP contribution >= 0.6 is 12.6 Å². The second kappa shape index (κ2) is 5.50. The zero-order valence-corrected chi connectivity index (χ0v) is 9.25. The maximum absolute atomic E-state index is 12.1. The van der Waals surface area contributed by atoms with Crippen LogP contribution in [0.3, 0.4) is 0 Å². The lowest BCUT2D eigenvalue weighted by atomic mass is 10.1. The molecule has 0 saturated carbocycles. The minimum Gasteiger partial charge on any atom is -0.481 e. The Morgan fingerprint density at radius 3 is 2.71 bits per heavy atom. The van der Waals surface area contributed by atoms with Crippen LogP contribution in [-0.2, 0) is 11.2 Å². The van der Waals surface area contributed by atoms with Crippen molar-refractivity contribution in [2.75, 3.05) is 0 Å². The van der Waals surface area contributed by atoms with Crippen molar-refractivity contribution < 1.29 is 23.4 Å². The molecule has 0 spiro atoms. The summed E-state index contributed by atoms with van der Waals surface area (Å²) in [5, 5.41) is 17.3. The average Bonchev–Trinajstić information content (AvgIpc) is 2.22. The van der Waals surface area contributed by atoms with Gasteiger partial charge in [0.2, 0.25) is 0 Å². The van der Waals surface area contributed by atoms with Crippen molar-refractivity contribution in [2.24, 2.45) is 0 Å². The highest BCUT2D eigenvalue weighted by atomic mass is 32.1. The van der Waals surface area contributed by atoms with Gasteiger partial charge in [-0.2, -0.15) is 14.0 Å². The number of alkyl halides is 2. The molecular formula is C10H7F2NO3S. The van der Waals surface area contributed by atoms with Gasteiger partial charge in [-0.15, -0.1) is 12.6 Å². The van der Waals surface area contributed by atoms with Crippen molar-refractivity contribution >= 4 is 18.6 Å². The highest BCUT2D eigenvalue weighted by Gasteiger charge is 2.15. The molecule has 0 fully saturated rings. The van der Waals surface area contributed by atoms with E-state index in [1.807, 2.05) is 0 Å². The second-order valence-electron chi connectivity index (χ2n) is 3.04. The van der Waals surface area contributed by atoms with Gasteiger partial charge in [0.15, 0.2) is 0 Å². The fourth-order valence-corrected chi connectivity index (χ4v) is 1.47. The van der Waals surface area contributed by atoms with E-state index in [1.54, 1.807) is 6.07 Å². The largest absolute Gasteiger partial charge is 0.481 e. The first-order chi connectivity index (χ1) is 7.93. The molecule has 0 radical (unpaired) electrons. The quantitative estimate of drug-likeness (QED) is 0.812. The van der Waals surface area contributed by atoms with Gasteiger partial charge in [0.05, 0.1) is 22.9 Å². The van der Waals surface area contributed by atoms with Gasteiger partial charge >= 0.3 is 12.6 Å². The molecule has 0 aromatic heterocycles. The van der Waals surface area contributed by atoms with Gasteiger partial charge in [-0.05, 0) is 17.7 Å². The van der Waals surface area contributed by atoms with E-state index < -0.39 is 19.0 Å². The van der Waals surface area contributed by atoms with Gasteiger partial charge < -0.3 is 9.84 Å². The van der Waals surface area contributed by atoms with Crippen molar-refractivity contribution in [3.8, 4) is 11.8 Å². The topological polar surface area (TPSA) is 70.3 Å². The Hall–Kier alpha value is -1.81. The van der Waals surface area contributed by atoms with Crippen LogP contribution in [0.25, 0.3) is 0 Å². The van der Waals surface area contributed by atoms with Gasteiger partial charge in [0.1, 0.15) is 5.75 Å². The number of halogens is 2. The van der Waals surface area contributed by atoms with E-state index in [9.17, 15) is 13.6 Å². The van der Waals surface area contributed by atoms with Gasteiger partial charge in [-0.1, -0.05) is 0 Å². The number of nitrogens with zero attached hydrogens (tertiary/aromatic N) is 1. The van der Waals surface area contributed by atoms with Gasteiger partial charge in [-0.3, -0.25) is 4.79 Å². The predicted molar refractivity (Wildman–Crippen MR) is 56.4 cm³/mol. The minimum atomic E-state index is -3.06. The SMILES string of the molecule is N#Cc1cc(CC(=O)O)c(S)c(OC(F)F)c1. The highest BCUT2D eigenvalue weighted by molar-refractivity contribution is 7.80.